The van der Waals surface area contributed by atoms with Gasteiger partial charge < -0.3 is 9.47 Å². The maximum absolute atomic E-state index is 12.2. The van der Waals surface area contributed by atoms with Crippen molar-refractivity contribution in [1.82, 2.24) is 5.43 Å². The summed E-state index contributed by atoms with van der Waals surface area (Å²) >= 11 is 12.1. The molecule has 1 aliphatic heterocycles. The highest BCUT2D eigenvalue weighted by Gasteiger charge is 2.27. The Hall–Kier alpha value is -2.24. The molecule has 1 atom stereocenters. The van der Waals surface area contributed by atoms with E-state index >= 15 is 0 Å². The Morgan fingerprint density at radius 3 is 2.75 bits per heavy atom. The van der Waals surface area contributed by atoms with Gasteiger partial charge in [0.2, 0.25) is 6.10 Å². The minimum atomic E-state index is -0.772. The molecule has 2 aromatic rings. The summed E-state index contributed by atoms with van der Waals surface area (Å²) in [6.07, 6.45) is -0.772. The third-order valence-electron chi connectivity index (χ3n) is 3.45. The molecule has 1 aliphatic rings. The average Bonchev–Trinajstić information content (AvgIpc) is 2.61. The molecule has 1 amide bonds. The summed E-state index contributed by atoms with van der Waals surface area (Å²) < 4.78 is 11.1. The van der Waals surface area contributed by atoms with Gasteiger partial charge in [0, 0.05) is 15.6 Å². The minimum absolute atomic E-state index is 0.120. The fourth-order valence-electron chi connectivity index (χ4n) is 2.19. The van der Waals surface area contributed by atoms with Crippen molar-refractivity contribution in [2.45, 2.75) is 13.0 Å². The van der Waals surface area contributed by atoms with Crippen molar-refractivity contribution < 1.29 is 14.3 Å². The van der Waals surface area contributed by atoms with Gasteiger partial charge in [-0.2, -0.15) is 5.10 Å². The van der Waals surface area contributed by atoms with Crippen molar-refractivity contribution in [2.24, 2.45) is 5.10 Å². The highest BCUT2D eigenvalue weighted by molar-refractivity contribution is 6.36. The number of nitrogens with one attached hydrogen (secondary N) is 1. The van der Waals surface area contributed by atoms with Crippen LogP contribution in [-0.2, 0) is 4.79 Å². The maximum atomic E-state index is 12.2. The third kappa shape index (κ3) is 3.63. The van der Waals surface area contributed by atoms with Crippen molar-refractivity contribution in [3.05, 3.63) is 58.1 Å². The summed E-state index contributed by atoms with van der Waals surface area (Å²) in [6, 6.07) is 12.2. The lowest BCUT2D eigenvalue weighted by atomic mass is 10.1. The Kier molecular flexibility index (Phi) is 4.92. The Bertz CT molecular complexity index is 808. The molecule has 1 heterocycles. The number of hydrogen-bond donors (Lipinski definition) is 1. The number of carbonyl (C=O) groups excluding carboxylic acids is 1. The van der Waals surface area contributed by atoms with Crippen LogP contribution in [0.5, 0.6) is 11.5 Å². The van der Waals surface area contributed by atoms with Gasteiger partial charge in [0.05, 0.1) is 5.71 Å². The van der Waals surface area contributed by atoms with E-state index in [4.69, 9.17) is 32.7 Å². The van der Waals surface area contributed by atoms with Crippen LogP contribution in [-0.4, -0.2) is 24.3 Å². The topological polar surface area (TPSA) is 59.9 Å². The van der Waals surface area contributed by atoms with Gasteiger partial charge in [-0.3, -0.25) is 4.79 Å². The Morgan fingerprint density at radius 2 is 1.96 bits per heavy atom. The van der Waals surface area contributed by atoms with Crippen molar-refractivity contribution in [1.29, 1.82) is 0 Å². The van der Waals surface area contributed by atoms with E-state index < -0.39 is 12.0 Å². The zero-order chi connectivity index (χ0) is 17.1. The highest BCUT2D eigenvalue weighted by Crippen LogP contribution is 2.30. The number of hydrogen-bond acceptors (Lipinski definition) is 4. The van der Waals surface area contributed by atoms with Crippen LogP contribution < -0.4 is 14.9 Å². The smallest absolute Gasteiger partial charge is 0.284 e. The van der Waals surface area contributed by atoms with Gasteiger partial charge in [0.1, 0.15) is 6.61 Å². The first-order chi connectivity index (χ1) is 11.5. The van der Waals surface area contributed by atoms with E-state index in [1.807, 2.05) is 12.1 Å². The molecule has 2 aromatic carbocycles. The molecule has 0 radical (unpaired) electrons. The van der Waals surface area contributed by atoms with Crippen LogP contribution in [0.2, 0.25) is 10.0 Å². The van der Waals surface area contributed by atoms with Gasteiger partial charge in [0.25, 0.3) is 5.91 Å². The van der Waals surface area contributed by atoms with Crippen LogP contribution in [0.4, 0.5) is 0 Å². The number of fused-ring (bicyclic) bond motifs is 1. The van der Waals surface area contributed by atoms with Gasteiger partial charge in [-0.1, -0.05) is 35.3 Å². The lowest BCUT2D eigenvalue weighted by molar-refractivity contribution is -0.130. The Labute approximate surface area is 149 Å². The number of amides is 1. The molecular weight excluding hydrogens is 351 g/mol. The van der Waals surface area contributed by atoms with E-state index in [0.717, 1.165) is 0 Å². The molecule has 0 aliphatic carbocycles. The standard InChI is InChI=1S/C17H14Cl2N2O3/c1-10(12-8-11(18)6-7-13(12)19)20-21-17(22)16-9-23-14-4-2-3-5-15(14)24-16/h2-8,16H,9H2,1H3,(H,21,22)/b20-10-/t16-/m0/s1. The molecule has 0 unspecified atom stereocenters. The summed E-state index contributed by atoms with van der Waals surface area (Å²) in [6.45, 7) is 1.85. The first-order valence-corrected chi connectivity index (χ1v) is 7.98. The van der Waals surface area contributed by atoms with Crippen LogP contribution in [0.15, 0.2) is 47.6 Å². The number of hydrazone groups is 1. The predicted molar refractivity (Wildman–Crippen MR) is 93.2 cm³/mol. The number of para-hydroxylation sites is 2. The molecule has 7 heteroatoms. The number of rotatable bonds is 3. The third-order valence-corrected chi connectivity index (χ3v) is 4.02. The van der Waals surface area contributed by atoms with E-state index in [2.05, 4.69) is 10.5 Å². The van der Waals surface area contributed by atoms with Crippen molar-refractivity contribution in [3.8, 4) is 11.5 Å². The summed E-state index contributed by atoms with van der Waals surface area (Å²) in [5, 5.41) is 5.10. The normalized spacial score (nSPS) is 16.6. The van der Waals surface area contributed by atoms with Crippen LogP contribution >= 0.6 is 23.2 Å². The predicted octanol–water partition coefficient (Wildman–Crippen LogP) is 3.67. The number of halogens is 2. The zero-order valence-corrected chi connectivity index (χ0v) is 14.3. The SMILES string of the molecule is C/C(=N/NC(=O)[C@@H]1COc2ccccc2O1)c1cc(Cl)ccc1Cl. The summed E-state index contributed by atoms with van der Waals surface area (Å²) in [5.41, 5.74) is 3.65. The second-order valence-electron chi connectivity index (χ2n) is 5.16. The summed E-state index contributed by atoms with van der Waals surface area (Å²) in [4.78, 5) is 12.2. The molecular formula is C17H14Cl2N2O3. The van der Waals surface area contributed by atoms with E-state index in [0.29, 0.717) is 32.8 Å². The summed E-state index contributed by atoms with van der Waals surface area (Å²) in [7, 11) is 0. The molecule has 0 spiro atoms. The molecule has 5 nitrogen and oxygen atoms in total. The van der Waals surface area contributed by atoms with Gasteiger partial charge >= 0.3 is 0 Å². The first kappa shape index (κ1) is 16.6. The van der Waals surface area contributed by atoms with E-state index in [1.54, 1.807) is 37.3 Å². The fourth-order valence-corrected chi connectivity index (χ4v) is 2.62. The van der Waals surface area contributed by atoms with Crippen LogP contribution in [0, 0.1) is 0 Å². The quantitative estimate of drug-likeness (QED) is 0.667. The number of benzene rings is 2. The van der Waals surface area contributed by atoms with Gasteiger partial charge in [0.15, 0.2) is 11.5 Å². The largest absolute Gasteiger partial charge is 0.485 e. The Balaban J connectivity index is 1.68. The number of carbonyl (C=O) groups is 1. The van der Waals surface area contributed by atoms with Gasteiger partial charge in [-0.15, -0.1) is 0 Å². The maximum Gasteiger partial charge on any atom is 0.284 e. The second kappa shape index (κ2) is 7.11. The molecule has 0 aromatic heterocycles. The second-order valence-corrected chi connectivity index (χ2v) is 6.01. The number of nitrogens with zero attached hydrogens (tertiary/aromatic N) is 1. The first-order valence-electron chi connectivity index (χ1n) is 7.22. The van der Waals surface area contributed by atoms with E-state index in [-0.39, 0.29) is 6.61 Å². The van der Waals surface area contributed by atoms with Crippen molar-refractivity contribution in [2.75, 3.05) is 6.61 Å². The fraction of sp³-hybridized carbons (Fsp3) is 0.176. The molecule has 0 fully saturated rings. The lowest BCUT2D eigenvalue weighted by Gasteiger charge is -2.24. The monoisotopic (exact) mass is 364 g/mol. The average molecular weight is 365 g/mol. The zero-order valence-electron chi connectivity index (χ0n) is 12.8. The van der Waals surface area contributed by atoms with Crippen LogP contribution in [0.3, 0.4) is 0 Å². The minimum Gasteiger partial charge on any atom is -0.485 e. The summed E-state index contributed by atoms with van der Waals surface area (Å²) in [5.74, 6) is 0.747. The van der Waals surface area contributed by atoms with Crippen LogP contribution in [0.25, 0.3) is 0 Å². The molecule has 0 saturated carbocycles. The molecule has 1 N–H and O–H groups in total. The van der Waals surface area contributed by atoms with Crippen molar-refractivity contribution in [3.63, 3.8) is 0 Å². The van der Waals surface area contributed by atoms with Crippen LogP contribution in [0.1, 0.15) is 12.5 Å². The van der Waals surface area contributed by atoms with E-state index in [9.17, 15) is 4.79 Å². The Morgan fingerprint density at radius 1 is 1.21 bits per heavy atom. The number of ether oxygens (including phenoxy) is 2. The molecule has 0 bridgehead atoms. The van der Waals surface area contributed by atoms with E-state index in [1.165, 1.54) is 0 Å². The lowest BCUT2D eigenvalue weighted by Crippen LogP contribution is -2.42. The molecule has 0 saturated heterocycles. The molecule has 24 heavy (non-hydrogen) atoms. The molecule has 3 rings (SSSR count). The highest BCUT2D eigenvalue weighted by atomic mass is 35.5. The molecule has 124 valence electrons. The van der Waals surface area contributed by atoms with Gasteiger partial charge in [-0.25, -0.2) is 5.43 Å². The van der Waals surface area contributed by atoms with Crippen molar-refractivity contribution >= 4 is 34.8 Å². The van der Waals surface area contributed by atoms with Gasteiger partial charge in [-0.05, 0) is 37.3 Å².